The van der Waals surface area contributed by atoms with E-state index in [1.807, 2.05) is 48.7 Å². The minimum absolute atomic E-state index is 0.698. The third-order valence-electron chi connectivity index (χ3n) is 3.55. The number of aromatic nitrogens is 2. The summed E-state index contributed by atoms with van der Waals surface area (Å²) in [7, 11) is 0. The SMILES string of the molecule is Clc1ccc2ncc3ccc(-c4ccccc4)nc3c2c1. The van der Waals surface area contributed by atoms with Crippen LogP contribution < -0.4 is 0 Å². The molecule has 0 aliphatic carbocycles. The van der Waals surface area contributed by atoms with Crippen LogP contribution in [-0.2, 0) is 0 Å². The van der Waals surface area contributed by atoms with Crippen molar-refractivity contribution in [3.8, 4) is 11.3 Å². The van der Waals surface area contributed by atoms with E-state index in [1.54, 1.807) is 0 Å². The van der Waals surface area contributed by atoms with Gasteiger partial charge in [-0.3, -0.25) is 4.98 Å². The zero-order valence-electron chi connectivity index (χ0n) is 11.1. The lowest BCUT2D eigenvalue weighted by Gasteiger charge is -2.06. The molecule has 0 saturated heterocycles. The molecule has 3 heteroatoms. The third-order valence-corrected chi connectivity index (χ3v) is 3.79. The fraction of sp³-hybridized carbons (Fsp3) is 0. The molecular weight excluding hydrogens is 280 g/mol. The van der Waals surface area contributed by atoms with Gasteiger partial charge in [-0.2, -0.15) is 0 Å². The highest BCUT2D eigenvalue weighted by Gasteiger charge is 2.06. The topological polar surface area (TPSA) is 25.8 Å². The maximum Gasteiger partial charge on any atom is 0.0819 e. The summed E-state index contributed by atoms with van der Waals surface area (Å²) in [5.74, 6) is 0. The fourth-order valence-corrected chi connectivity index (χ4v) is 2.68. The summed E-state index contributed by atoms with van der Waals surface area (Å²) in [6.45, 7) is 0. The zero-order chi connectivity index (χ0) is 14.2. The van der Waals surface area contributed by atoms with Crippen LogP contribution in [0.4, 0.5) is 0 Å². The standard InChI is InChI=1S/C18H11ClN2/c19-14-7-9-17-15(10-14)18-13(11-20-17)6-8-16(21-18)12-4-2-1-3-5-12/h1-11H. The van der Waals surface area contributed by atoms with E-state index in [9.17, 15) is 0 Å². The van der Waals surface area contributed by atoms with Crippen molar-refractivity contribution in [2.45, 2.75) is 0 Å². The third kappa shape index (κ3) is 2.14. The minimum atomic E-state index is 0.698. The highest BCUT2D eigenvalue weighted by atomic mass is 35.5. The molecule has 2 heterocycles. The largest absolute Gasteiger partial charge is 0.255 e. The monoisotopic (exact) mass is 290 g/mol. The van der Waals surface area contributed by atoms with Crippen molar-refractivity contribution >= 4 is 33.4 Å². The first-order valence-corrected chi connectivity index (χ1v) is 7.09. The van der Waals surface area contributed by atoms with E-state index in [0.717, 1.165) is 33.1 Å². The number of hydrogen-bond donors (Lipinski definition) is 0. The molecule has 21 heavy (non-hydrogen) atoms. The van der Waals surface area contributed by atoms with Crippen LogP contribution in [0.1, 0.15) is 0 Å². The van der Waals surface area contributed by atoms with E-state index in [4.69, 9.17) is 16.6 Å². The van der Waals surface area contributed by atoms with Crippen molar-refractivity contribution < 1.29 is 0 Å². The maximum absolute atomic E-state index is 6.12. The lowest BCUT2D eigenvalue weighted by Crippen LogP contribution is -1.88. The van der Waals surface area contributed by atoms with Gasteiger partial charge in [-0.05, 0) is 30.3 Å². The van der Waals surface area contributed by atoms with E-state index >= 15 is 0 Å². The molecule has 0 radical (unpaired) electrons. The normalized spacial score (nSPS) is 11.1. The molecule has 0 spiro atoms. The number of pyridine rings is 2. The fourth-order valence-electron chi connectivity index (χ4n) is 2.51. The smallest absolute Gasteiger partial charge is 0.0819 e. The van der Waals surface area contributed by atoms with Crippen LogP contribution >= 0.6 is 11.6 Å². The van der Waals surface area contributed by atoms with Gasteiger partial charge >= 0.3 is 0 Å². The average molecular weight is 291 g/mol. The molecule has 100 valence electrons. The molecule has 0 saturated carbocycles. The van der Waals surface area contributed by atoms with Crippen molar-refractivity contribution in [3.05, 3.63) is 71.9 Å². The summed E-state index contributed by atoms with van der Waals surface area (Å²) in [6.07, 6.45) is 1.85. The van der Waals surface area contributed by atoms with Gasteiger partial charge in [0.1, 0.15) is 0 Å². The Kier molecular flexibility index (Phi) is 2.83. The summed E-state index contributed by atoms with van der Waals surface area (Å²) in [6, 6.07) is 19.9. The second-order valence-corrected chi connectivity index (χ2v) is 5.36. The second-order valence-electron chi connectivity index (χ2n) is 4.92. The molecule has 0 atom stereocenters. The molecule has 0 bridgehead atoms. The summed E-state index contributed by atoms with van der Waals surface area (Å²) >= 11 is 6.12. The van der Waals surface area contributed by atoms with Crippen molar-refractivity contribution in [1.82, 2.24) is 9.97 Å². The van der Waals surface area contributed by atoms with Crippen LogP contribution in [0.3, 0.4) is 0 Å². The second kappa shape index (κ2) is 4.83. The first-order chi connectivity index (χ1) is 10.3. The van der Waals surface area contributed by atoms with Crippen molar-refractivity contribution in [2.24, 2.45) is 0 Å². The van der Waals surface area contributed by atoms with Gasteiger partial charge in [0.2, 0.25) is 0 Å². The molecule has 2 aromatic heterocycles. The van der Waals surface area contributed by atoms with Gasteiger partial charge in [0.25, 0.3) is 0 Å². The van der Waals surface area contributed by atoms with Crippen LogP contribution in [-0.4, -0.2) is 9.97 Å². The molecule has 0 N–H and O–H groups in total. The zero-order valence-corrected chi connectivity index (χ0v) is 11.9. The van der Waals surface area contributed by atoms with E-state index in [-0.39, 0.29) is 0 Å². The van der Waals surface area contributed by atoms with Gasteiger partial charge in [0.05, 0.1) is 16.7 Å². The summed E-state index contributed by atoms with van der Waals surface area (Å²) in [5.41, 5.74) is 3.90. The maximum atomic E-state index is 6.12. The highest BCUT2D eigenvalue weighted by Crippen LogP contribution is 2.27. The Labute approximate surface area is 127 Å². The Bertz CT molecular complexity index is 949. The van der Waals surface area contributed by atoms with Crippen LogP contribution in [0.2, 0.25) is 5.02 Å². The molecule has 2 aromatic carbocycles. The number of halogens is 1. The number of benzene rings is 2. The molecule has 0 amide bonds. The van der Waals surface area contributed by atoms with Crippen LogP contribution in [0, 0.1) is 0 Å². The highest BCUT2D eigenvalue weighted by molar-refractivity contribution is 6.31. The molecule has 0 aliphatic heterocycles. The van der Waals surface area contributed by atoms with Gasteiger partial charge in [0, 0.05) is 27.6 Å². The molecule has 2 nitrogen and oxygen atoms in total. The summed E-state index contributed by atoms with van der Waals surface area (Å²) in [4.78, 5) is 9.27. The molecule has 4 rings (SSSR count). The van der Waals surface area contributed by atoms with Crippen molar-refractivity contribution in [1.29, 1.82) is 0 Å². The Hall–Kier alpha value is -2.45. The van der Waals surface area contributed by atoms with Gasteiger partial charge in [-0.15, -0.1) is 0 Å². The Morgan fingerprint density at radius 3 is 2.57 bits per heavy atom. The minimum Gasteiger partial charge on any atom is -0.255 e. The van der Waals surface area contributed by atoms with E-state index in [2.05, 4.69) is 23.2 Å². The summed E-state index contributed by atoms with van der Waals surface area (Å²) in [5, 5.41) is 2.70. The molecule has 0 unspecified atom stereocenters. The predicted molar refractivity (Wildman–Crippen MR) is 87.5 cm³/mol. The first kappa shape index (κ1) is 12.3. The van der Waals surface area contributed by atoms with Gasteiger partial charge in [-0.25, -0.2) is 4.98 Å². The van der Waals surface area contributed by atoms with Crippen LogP contribution in [0.5, 0.6) is 0 Å². The van der Waals surface area contributed by atoms with Gasteiger partial charge < -0.3 is 0 Å². The molecular formula is C18H11ClN2. The van der Waals surface area contributed by atoms with Crippen molar-refractivity contribution in [3.63, 3.8) is 0 Å². The Balaban J connectivity index is 2.05. The van der Waals surface area contributed by atoms with E-state index in [1.165, 1.54) is 0 Å². The summed E-state index contributed by atoms with van der Waals surface area (Å²) < 4.78 is 0. The van der Waals surface area contributed by atoms with E-state index in [0.29, 0.717) is 5.02 Å². The van der Waals surface area contributed by atoms with Gasteiger partial charge in [0.15, 0.2) is 0 Å². The van der Waals surface area contributed by atoms with Gasteiger partial charge in [-0.1, -0.05) is 41.9 Å². The number of fused-ring (bicyclic) bond motifs is 3. The number of hydrogen-bond acceptors (Lipinski definition) is 2. The molecule has 4 aromatic rings. The lowest BCUT2D eigenvalue weighted by molar-refractivity contribution is 1.38. The quantitative estimate of drug-likeness (QED) is 0.456. The first-order valence-electron chi connectivity index (χ1n) is 6.72. The number of nitrogens with zero attached hydrogens (tertiary/aromatic N) is 2. The van der Waals surface area contributed by atoms with E-state index < -0.39 is 0 Å². The Morgan fingerprint density at radius 2 is 1.71 bits per heavy atom. The lowest BCUT2D eigenvalue weighted by atomic mass is 10.1. The Morgan fingerprint density at radius 1 is 0.857 bits per heavy atom. The predicted octanol–water partition coefficient (Wildman–Crippen LogP) is 5.10. The molecule has 0 fully saturated rings. The average Bonchev–Trinajstić information content (AvgIpc) is 2.55. The molecule has 0 aliphatic rings. The van der Waals surface area contributed by atoms with Crippen molar-refractivity contribution in [2.75, 3.05) is 0 Å². The van der Waals surface area contributed by atoms with Crippen LogP contribution in [0.25, 0.3) is 33.1 Å². The van der Waals surface area contributed by atoms with Crippen LogP contribution in [0.15, 0.2) is 66.9 Å². The number of rotatable bonds is 1.